The van der Waals surface area contributed by atoms with Crippen molar-refractivity contribution in [3.05, 3.63) is 70.2 Å². The van der Waals surface area contributed by atoms with Crippen molar-refractivity contribution >= 4 is 32.5 Å². The Kier molecular flexibility index (Phi) is 9.97. The van der Waals surface area contributed by atoms with Gasteiger partial charge in [-0.3, -0.25) is 9.68 Å². The van der Waals surface area contributed by atoms with Crippen LogP contribution in [-0.2, 0) is 23.9 Å². The number of hydrogen-bond acceptors (Lipinski definition) is 6. The summed E-state index contributed by atoms with van der Waals surface area (Å²) in [7, 11) is 2.02. The second-order valence-electron chi connectivity index (χ2n) is 5.44. The van der Waals surface area contributed by atoms with Crippen molar-refractivity contribution in [2.45, 2.75) is 26.1 Å². The number of hydrogen-bond donors (Lipinski definition) is 0. The Labute approximate surface area is 164 Å². The summed E-state index contributed by atoms with van der Waals surface area (Å²) in [6, 6.07) is 13.7. The molecule has 0 aliphatic carbocycles. The molecule has 2 aromatic rings. The number of Topliss-reactive ketones (excluding diaryl/α,β-unsaturated/α-hetero) is 1. The minimum atomic E-state index is -1.19. The van der Waals surface area contributed by atoms with Gasteiger partial charge in [0.1, 0.15) is 5.92 Å². The molecule has 8 heteroatoms. The molecule has 0 heterocycles. The molecule has 0 fully saturated rings. The summed E-state index contributed by atoms with van der Waals surface area (Å²) in [5.41, 5.74) is 1.46. The molecule has 0 N–H and O–H groups in total. The molecule has 0 aromatic heterocycles. The van der Waals surface area contributed by atoms with E-state index < -0.39 is 24.0 Å². The maximum absolute atomic E-state index is 13.1. The zero-order valence-corrected chi connectivity index (χ0v) is 17.5. The number of aryl methyl sites for hydroxylation is 1. The van der Waals surface area contributed by atoms with Crippen molar-refractivity contribution in [3.8, 4) is 0 Å². The summed E-state index contributed by atoms with van der Waals surface area (Å²) in [6.07, 6.45) is -0.752. The lowest BCUT2D eigenvalue weighted by Gasteiger charge is -2.17. The fraction of sp³-hybridized carbons (Fsp3) is 0.263. The van der Waals surface area contributed by atoms with Crippen LogP contribution in [0.15, 0.2) is 48.5 Å². The number of benzene rings is 2. The molecule has 146 valence electrons. The third-order valence-corrected chi connectivity index (χ3v) is 4.01. The SMILES string of the molecule is COC(C)OOC(=O)C(C(=O)c1c(C)cccc1Cl)c1ccccc1.O=[PH3]. The van der Waals surface area contributed by atoms with E-state index in [1.807, 2.05) is 0 Å². The van der Waals surface area contributed by atoms with E-state index in [1.165, 1.54) is 7.11 Å². The van der Waals surface area contributed by atoms with Gasteiger partial charge in [0.15, 0.2) is 12.1 Å². The van der Waals surface area contributed by atoms with Gasteiger partial charge in [0.05, 0.1) is 14.1 Å². The number of carbonyl (C=O) groups excluding carboxylic acids is 2. The number of ketones is 1. The van der Waals surface area contributed by atoms with Crippen molar-refractivity contribution in [3.63, 3.8) is 0 Å². The Balaban J connectivity index is 0.00000176. The van der Waals surface area contributed by atoms with Crippen LogP contribution in [0.3, 0.4) is 0 Å². The van der Waals surface area contributed by atoms with Crippen LogP contribution < -0.4 is 0 Å². The molecule has 0 radical (unpaired) electrons. The Morgan fingerprint density at radius 3 is 2.22 bits per heavy atom. The van der Waals surface area contributed by atoms with Gasteiger partial charge in [-0.2, -0.15) is 4.89 Å². The number of halogens is 1. The molecule has 3 atom stereocenters. The van der Waals surface area contributed by atoms with Gasteiger partial charge in [-0.1, -0.05) is 54.1 Å². The highest BCUT2D eigenvalue weighted by Crippen LogP contribution is 2.29. The van der Waals surface area contributed by atoms with E-state index in [1.54, 1.807) is 62.4 Å². The largest absolute Gasteiger partial charge is 0.357 e. The first-order chi connectivity index (χ1) is 13.0. The highest BCUT2D eigenvalue weighted by molar-refractivity contribution is 7.00. The maximum Gasteiger partial charge on any atom is 0.357 e. The summed E-state index contributed by atoms with van der Waals surface area (Å²) in [6.45, 7) is 3.32. The molecule has 0 spiro atoms. The van der Waals surface area contributed by atoms with Crippen LogP contribution in [-0.4, -0.2) is 25.2 Å². The molecule has 0 bridgehead atoms. The Hall–Kier alpha value is -1.98. The van der Waals surface area contributed by atoms with Gasteiger partial charge in [0, 0.05) is 12.7 Å². The molecule has 0 aliphatic rings. The van der Waals surface area contributed by atoms with Crippen LogP contribution in [0, 0.1) is 6.92 Å². The zero-order valence-electron chi connectivity index (χ0n) is 15.3. The van der Waals surface area contributed by atoms with E-state index in [-0.39, 0.29) is 10.6 Å². The molecule has 6 nitrogen and oxygen atoms in total. The first kappa shape index (κ1) is 23.1. The van der Waals surface area contributed by atoms with Gasteiger partial charge in [0.2, 0.25) is 0 Å². The summed E-state index contributed by atoms with van der Waals surface area (Å²) >= 11 is 6.19. The lowest BCUT2D eigenvalue weighted by atomic mass is 9.89. The fourth-order valence-corrected chi connectivity index (χ4v) is 2.65. The second-order valence-corrected chi connectivity index (χ2v) is 5.85. The highest BCUT2D eigenvalue weighted by atomic mass is 35.5. The first-order valence-electron chi connectivity index (χ1n) is 7.98. The molecular formula is C19H22ClO6P. The van der Waals surface area contributed by atoms with Crippen LogP contribution in [0.5, 0.6) is 0 Å². The molecule has 3 unspecified atom stereocenters. The van der Waals surface area contributed by atoms with Gasteiger partial charge < -0.3 is 9.30 Å². The average molecular weight is 413 g/mol. The number of carbonyl (C=O) groups is 2. The predicted octanol–water partition coefficient (Wildman–Crippen LogP) is 4.02. The minimum absolute atomic E-state index is 0.282. The van der Waals surface area contributed by atoms with Crippen LogP contribution >= 0.6 is 20.7 Å². The Morgan fingerprint density at radius 1 is 1.04 bits per heavy atom. The topological polar surface area (TPSA) is 78.9 Å². The molecule has 0 saturated carbocycles. The number of methoxy groups -OCH3 is 1. The molecular weight excluding hydrogens is 391 g/mol. The summed E-state index contributed by atoms with van der Waals surface area (Å²) in [4.78, 5) is 35.3. The van der Waals surface area contributed by atoms with Crippen molar-refractivity contribution in [1.29, 1.82) is 0 Å². The molecule has 0 saturated heterocycles. The second kappa shape index (κ2) is 11.7. The Bertz CT molecular complexity index is 748. The van der Waals surface area contributed by atoms with Gasteiger partial charge in [0.25, 0.3) is 0 Å². The monoisotopic (exact) mass is 412 g/mol. The smallest absolute Gasteiger partial charge is 0.352 e. The Morgan fingerprint density at radius 2 is 1.67 bits per heavy atom. The minimum Gasteiger partial charge on any atom is -0.352 e. The first-order valence-corrected chi connectivity index (χ1v) is 8.94. The van der Waals surface area contributed by atoms with E-state index in [2.05, 4.69) is 0 Å². The molecule has 2 aromatic carbocycles. The average Bonchev–Trinajstić information content (AvgIpc) is 2.68. The third-order valence-electron chi connectivity index (χ3n) is 3.70. The van der Waals surface area contributed by atoms with Crippen LogP contribution in [0.25, 0.3) is 0 Å². The quantitative estimate of drug-likeness (QED) is 0.171. The van der Waals surface area contributed by atoms with E-state index in [4.69, 9.17) is 30.7 Å². The third kappa shape index (κ3) is 6.29. The van der Waals surface area contributed by atoms with Crippen molar-refractivity contribution < 1.29 is 28.7 Å². The van der Waals surface area contributed by atoms with Crippen LogP contribution in [0.1, 0.15) is 34.3 Å². The van der Waals surface area contributed by atoms with E-state index in [0.29, 0.717) is 20.2 Å². The summed E-state index contributed by atoms with van der Waals surface area (Å²) in [5.74, 6) is -2.48. The molecule has 0 amide bonds. The molecule has 2 rings (SSSR count). The van der Waals surface area contributed by atoms with Crippen molar-refractivity contribution in [2.75, 3.05) is 7.11 Å². The van der Waals surface area contributed by atoms with Crippen molar-refractivity contribution in [2.24, 2.45) is 0 Å². The highest BCUT2D eigenvalue weighted by Gasteiger charge is 2.34. The van der Waals surface area contributed by atoms with Gasteiger partial charge in [-0.15, -0.1) is 0 Å². The summed E-state index contributed by atoms with van der Waals surface area (Å²) < 4.78 is 13.1. The van der Waals surface area contributed by atoms with Crippen molar-refractivity contribution in [1.82, 2.24) is 0 Å². The van der Waals surface area contributed by atoms with Gasteiger partial charge >= 0.3 is 5.97 Å². The lowest BCUT2D eigenvalue weighted by Crippen LogP contribution is -2.27. The van der Waals surface area contributed by atoms with E-state index >= 15 is 0 Å². The van der Waals surface area contributed by atoms with E-state index in [0.717, 1.165) is 0 Å². The predicted molar refractivity (Wildman–Crippen MR) is 105 cm³/mol. The standard InChI is InChI=1S/C19H19ClO5.H3OP/c1-12-8-7-11-15(20)16(12)18(21)17(14-9-5-4-6-10-14)19(22)25-24-13(2)23-3;1-2/h4-11,13,17H,1-3H3;2H3. The zero-order chi connectivity index (χ0) is 20.4. The summed E-state index contributed by atoms with van der Waals surface area (Å²) in [5, 5.41) is 0.282. The fourth-order valence-electron chi connectivity index (χ4n) is 2.33. The molecule has 27 heavy (non-hydrogen) atoms. The number of ether oxygens (including phenoxy) is 1. The maximum atomic E-state index is 13.1. The van der Waals surface area contributed by atoms with Crippen LogP contribution in [0.2, 0.25) is 5.02 Å². The molecule has 0 aliphatic heterocycles. The van der Waals surface area contributed by atoms with E-state index in [9.17, 15) is 9.59 Å². The van der Waals surface area contributed by atoms with Crippen LogP contribution in [0.4, 0.5) is 0 Å². The number of rotatable bonds is 7. The normalized spacial score (nSPS) is 12.4. The lowest BCUT2D eigenvalue weighted by molar-refractivity contribution is -0.342. The van der Waals surface area contributed by atoms with Gasteiger partial charge in [-0.05, 0) is 31.0 Å². The van der Waals surface area contributed by atoms with Gasteiger partial charge in [-0.25, -0.2) is 4.79 Å².